The van der Waals surface area contributed by atoms with Crippen LogP contribution in [0.25, 0.3) is 0 Å². The number of hydrogen-bond acceptors (Lipinski definition) is 8. The van der Waals surface area contributed by atoms with Gasteiger partial charge in [-0.15, -0.1) is 0 Å². The van der Waals surface area contributed by atoms with Crippen LogP contribution in [-0.4, -0.2) is 23.9 Å². The van der Waals surface area contributed by atoms with Crippen LogP contribution < -0.4 is 26.6 Å². The van der Waals surface area contributed by atoms with Crippen molar-refractivity contribution in [3.8, 4) is 0 Å². The summed E-state index contributed by atoms with van der Waals surface area (Å²) >= 11 is 0. The molecule has 0 aromatic heterocycles. The van der Waals surface area contributed by atoms with Crippen LogP contribution in [0.1, 0.15) is 25.7 Å². The summed E-state index contributed by atoms with van der Waals surface area (Å²) in [5, 5.41) is 38.0. The van der Waals surface area contributed by atoms with Crippen LogP contribution in [0.5, 0.6) is 0 Å². The van der Waals surface area contributed by atoms with Crippen molar-refractivity contribution in [2.45, 2.75) is 25.7 Å². The summed E-state index contributed by atoms with van der Waals surface area (Å²) in [4.78, 5) is 38.0. The van der Waals surface area contributed by atoms with Crippen LogP contribution in [0, 0.1) is 0 Å². The van der Waals surface area contributed by atoms with Crippen molar-refractivity contribution in [2.24, 2.45) is 0 Å². The van der Waals surface area contributed by atoms with Crippen molar-refractivity contribution >= 4 is 23.9 Å². The minimum Gasteiger partial charge on any atom is -0.550 e. The largest absolute Gasteiger partial charge is 3.00 e. The molecule has 0 spiro atoms. The Balaban J connectivity index is -0.0000000980. The Kier molecular flexibility index (Phi) is 21.6. The SMILES string of the molecule is O=C([O-])CCC(=O)[O-].O=C([O-])CCC(=O)[O-].[Fe+3].[NH4+]. The summed E-state index contributed by atoms with van der Waals surface area (Å²) < 4.78 is 0. The van der Waals surface area contributed by atoms with E-state index in [9.17, 15) is 39.6 Å². The molecule has 9 nitrogen and oxygen atoms in total. The molecular weight excluding hydrogens is 294 g/mol. The molecule has 105 valence electrons. The molecule has 0 aliphatic carbocycles. The zero-order valence-corrected chi connectivity index (χ0v) is 10.6. The molecule has 0 aromatic carbocycles. The van der Waals surface area contributed by atoms with E-state index < -0.39 is 49.6 Å². The second-order valence-corrected chi connectivity index (χ2v) is 2.49. The van der Waals surface area contributed by atoms with Crippen LogP contribution in [0.4, 0.5) is 0 Å². The molecule has 0 bridgehead atoms. The third-order valence-electron chi connectivity index (χ3n) is 1.07. The van der Waals surface area contributed by atoms with Gasteiger partial charge in [0.2, 0.25) is 0 Å². The summed E-state index contributed by atoms with van der Waals surface area (Å²) in [5.41, 5.74) is 0. The second kappa shape index (κ2) is 15.4. The fraction of sp³-hybridized carbons (Fsp3) is 0.500. The first-order chi connectivity index (χ1) is 7.25. The Morgan fingerprint density at radius 3 is 0.722 bits per heavy atom. The fourth-order valence-electron chi connectivity index (χ4n) is 0.408. The summed E-state index contributed by atoms with van der Waals surface area (Å²) in [6.45, 7) is 0. The molecule has 0 fully saturated rings. The van der Waals surface area contributed by atoms with Crippen molar-refractivity contribution in [2.75, 3.05) is 0 Å². The molecule has 0 atom stereocenters. The average molecular weight is 306 g/mol. The minimum absolute atomic E-state index is 0. The monoisotopic (exact) mass is 306 g/mol. The van der Waals surface area contributed by atoms with Crippen LogP contribution >= 0.6 is 0 Å². The molecule has 0 saturated heterocycles. The first-order valence-corrected chi connectivity index (χ1v) is 4.05. The molecule has 10 heteroatoms. The van der Waals surface area contributed by atoms with Gasteiger partial charge in [-0.2, -0.15) is 0 Å². The van der Waals surface area contributed by atoms with Crippen molar-refractivity contribution in [1.82, 2.24) is 6.15 Å². The number of quaternary nitrogens is 1. The quantitative estimate of drug-likeness (QED) is 0.470. The van der Waals surface area contributed by atoms with Crippen LogP contribution in [0.2, 0.25) is 0 Å². The van der Waals surface area contributed by atoms with E-state index in [1.165, 1.54) is 0 Å². The third-order valence-corrected chi connectivity index (χ3v) is 1.07. The molecule has 4 N–H and O–H groups in total. The van der Waals surface area contributed by atoms with Gasteiger partial charge in [-0.1, -0.05) is 0 Å². The van der Waals surface area contributed by atoms with Crippen LogP contribution in [0.15, 0.2) is 0 Å². The van der Waals surface area contributed by atoms with Gasteiger partial charge in [0.15, 0.2) is 0 Å². The summed E-state index contributed by atoms with van der Waals surface area (Å²) in [7, 11) is 0. The third kappa shape index (κ3) is 36.7. The zero-order chi connectivity index (χ0) is 13.1. The zero-order valence-electron chi connectivity index (χ0n) is 9.45. The number of carbonyl (C=O) groups excluding carboxylic acids is 4. The van der Waals surface area contributed by atoms with Crippen LogP contribution in [0.3, 0.4) is 0 Å². The molecule has 0 unspecified atom stereocenters. The Labute approximate surface area is 113 Å². The number of rotatable bonds is 6. The van der Waals surface area contributed by atoms with E-state index in [2.05, 4.69) is 0 Å². The molecule has 0 aliphatic heterocycles. The van der Waals surface area contributed by atoms with Gasteiger partial charge in [0, 0.05) is 23.9 Å². The van der Waals surface area contributed by atoms with E-state index in [0.29, 0.717) is 0 Å². The molecule has 18 heavy (non-hydrogen) atoms. The fourth-order valence-corrected chi connectivity index (χ4v) is 0.408. The second-order valence-electron chi connectivity index (χ2n) is 2.49. The standard InChI is InChI=1S/2C4H6O4.Fe.H3N/c2*5-3(6)1-2-4(7)8;;/h2*1-2H2,(H,5,6)(H,7,8);;1H3/q;;+3;/p-3. The maximum Gasteiger partial charge on any atom is 3.00 e. The number of carboxylic acid groups (broad SMARTS) is 4. The first kappa shape index (κ1) is 25.3. The summed E-state index contributed by atoms with van der Waals surface area (Å²) in [6, 6.07) is 0. The number of carbonyl (C=O) groups is 4. The van der Waals surface area contributed by atoms with Gasteiger partial charge in [-0.05, 0) is 25.7 Å². The number of carboxylic acids is 4. The van der Waals surface area contributed by atoms with Crippen molar-refractivity contribution in [1.29, 1.82) is 0 Å². The Bertz CT molecular complexity index is 224. The van der Waals surface area contributed by atoms with Crippen molar-refractivity contribution in [3.63, 3.8) is 0 Å². The van der Waals surface area contributed by atoms with E-state index >= 15 is 0 Å². The number of aliphatic carboxylic acids is 4. The Morgan fingerprint density at radius 2 is 0.667 bits per heavy atom. The van der Waals surface area contributed by atoms with E-state index in [4.69, 9.17) is 0 Å². The van der Waals surface area contributed by atoms with Crippen molar-refractivity contribution < 1.29 is 56.7 Å². The Morgan fingerprint density at radius 1 is 0.556 bits per heavy atom. The molecule has 0 saturated carbocycles. The van der Waals surface area contributed by atoms with Crippen molar-refractivity contribution in [3.05, 3.63) is 0 Å². The maximum atomic E-state index is 9.50. The first-order valence-electron chi connectivity index (χ1n) is 4.05. The maximum absolute atomic E-state index is 9.50. The van der Waals surface area contributed by atoms with E-state index in [1.54, 1.807) is 0 Å². The van der Waals surface area contributed by atoms with E-state index in [-0.39, 0.29) is 23.2 Å². The van der Waals surface area contributed by atoms with Gasteiger partial charge >= 0.3 is 17.1 Å². The molecule has 1 radical (unpaired) electrons. The van der Waals surface area contributed by atoms with Gasteiger partial charge in [-0.3, -0.25) is 0 Å². The van der Waals surface area contributed by atoms with E-state index in [0.717, 1.165) is 0 Å². The summed E-state index contributed by atoms with van der Waals surface area (Å²) in [6.07, 6.45) is -1.88. The molecule has 0 aromatic rings. The predicted molar refractivity (Wildman–Crippen MR) is 44.5 cm³/mol. The van der Waals surface area contributed by atoms with E-state index in [1.807, 2.05) is 0 Å². The molecule has 0 amide bonds. The molecule has 0 heterocycles. The topological polar surface area (TPSA) is 197 Å². The summed E-state index contributed by atoms with van der Waals surface area (Å²) in [5.74, 6) is -5.47. The van der Waals surface area contributed by atoms with Gasteiger partial charge in [-0.25, -0.2) is 0 Å². The smallest absolute Gasteiger partial charge is 0.550 e. The predicted octanol–water partition coefficient (Wildman–Crippen LogP) is -5.09. The normalized spacial score (nSPS) is 7.56. The van der Waals surface area contributed by atoms with Gasteiger partial charge < -0.3 is 45.8 Å². The molecule has 0 aliphatic rings. The van der Waals surface area contributed by atoms with Crippen LogP contribution in [-0.2, 0) is 36.2 Å². The van der Waals surface area contributed by atoms with Gasteiger partial charge in [0.25, 0.3) is 0 Å². The Hall–Kier alpha value is -1.64. The number of hydrogen-bond donors (Lipinski definition) is 1. The average Bonchev–Trinajstić information content (AvgIpc) is 2.12. The minimum atomic E-state index is -1.37. The molecular formula is C8H12FeNO8. The molecule has 0 rings (SSSR count). The van der Waals surface area contributed by atoms with Gasteiger partial charge in [0.05, 0.1) is 0 Å². The van der Waals surface area contributed by atoms with Gasteiger partial charge in [0.1, 0.15) is 0 Å².